The molecule has 0 saturated carbocycles. The van der Waals surface area contributed by atoms with Crippen molar-refractivity contribution in [1.82, 2.24) is 15.1 Å². The van der Waals surface area contributed by atoms with Crippen LogP contribution in [-0.2, 0) is 20.7 Å². The minimum atomic E-state index is -1.73. The summed E-state index contributed by atoms with van der Waals surface area (Å²) in [5, 5.41) is 32.0. The average molecular weight is 554 g/mol. The molecule has 4 aliphatic rings. The number of aryl methyl sites for hydroxylation is 1. The zero-order valence-corrected chi connectivity index (χ0v) is 23.7. The molecule has 10 nitrogen and oxygen atoms in total. The molecule has 0 aliphatic carbocycles. The summed E-state index contributed by atoms with van der Waals surface area (Å²) in [6.07, 6.45) is 4.68. The SMILES string of the molecule is CC(C)(CCC(C#N)C(=O)N1CCCC[C@@H](OC(=O)N[C@@H](CCc2ccccc2)B(O)O)C1)N1CC2CC(C1)O2. The number of likely N-dealkylation sites (tertiary alicyclic amines) is 1. The summed E-state index contributed by atoms with van der Waals surface area (Å²) in [4.78, 5) is 30.2. The molecular formula is C29H43BN4O6. The monoisotopic (exact) mass is 554 g/mol. The van der Waals surface area contributed by atoms with Gasteiger partial charge in [0.25, 0.3) is 0 Å². The van der Waals surface area contributed by atoms with Gasteiger partial charge >= 0.3 is 13.2 Å². The second-order valence-electron chi connectivity index (χ2n) is 12.0. The second-order valence-corrected chi connectivity index (χ2v) is 12.0. The minimum Gasteiger partial charge on any atom is -0.444 e. The number of fused-ring (bicyclic) bond motifs is 2. The normalized spacial score (nSPS) is 24.6. The van der Waals surface area contributed by atoms with E-state index in [1.54, 1.807) is 4.90 Å². The smallest absolute Gasteiger partial charge is 0.444 e. The van der Waals surface area contributed by atoms with Crippen molar-refractivity contribution < 1.29 is 29.1 Å². The molecule has 11 heteroatoms. The molecule has 218 valence electrons. The van der Waals surface area contributed by atoms with Crippen molar-refractivity contribution in [1.29, 1.82) is 5.26 Å². The van der Waals surface area contributed by atoms with E-state index in [0.717, 1.165) is 44.3 Å². The summed E-state index contributed by atoms with van der Waals surface area (Å²) in [6, 6.07) is 11.8. The lowest BCUT2D eigenvalue weighted by Gasteiger charge is -2.52. The quantitative estimate of drug-likeness (QED) is 0.355. The number of carbonyl (C=O) groups excluding carboxylic acids is 2. The van der Waals surface area contributed by atoms with Crippen LogP contribution < -0.4 is 5.32 Å². The third-order valence-electron chi connectivity index (χ3n) is 8.58. The van der Waals surface area contributed by atoms with E-state index in [4.69, 9.17) is 9.47 Å². The molecular weight excluding hydrogens is 511 g/mol. The van der Waals surface area contributed by atoms with Crippen LogP contribution in [0, 0.1) is 17.2 Å². The zero-order valence-electron chi connectivity index (χ0n) is 23.7. The van der Waals surface area contributed by atoms with Gasteiger partial charge < -0.3 is 29.7 Å². The van der Waals surface area contributed by atoms with Crippen molar-refractivity contribution in [3.63, 3.8) is 0 Å². The first-order valence-electron chi connectivity index (χ1n) is 14.6. The number of alkyl carbamates (subject to hydrolysis) is 1. The topological polar surface area (TPSA) is 135 Å². The van der Waals surface area contributed by atoms with Crippen LogP contribution in [0.2, 0.25) is 0 Å². The summed E-state index contributed by atoms with van der Waals surface area (Å²) < 4.78 is 11.4. The number of piperidine rings is 1. The van der Waals surface area contributed by atoms with Gasteiger partial charge in [0, 0.05) is 31.6 Å². The summed E-state index contributed by atoms with van der Waals surface area (Å²) in [6.45, 7) is 6.86. The summed E-state index contributed by atoms with van der Waals surface area (Å²) >= 11 is 0. The van der Waals surface area contributed by atoms with E-state index in [-0.39, 0.29) is 18.0 Å². The van der Waals surface area contributed by atoms with Gasteiger partial charge in [0.1, 0.15) is 12.0 Å². The van der Waals surface area contributed by atoms with Crippen molar-refractivity contribution in [3.05, 3.63) is 35.9 Å². The fraction of sp³-hybridized carbons (Fsp3) is 0.690. The van der Waals surface area contributed by atoms with Crippen LogP contribution in [0.5, 0.6) is 0 Å². The Morgan fingerprint density at radius 3 is 2.52 bits per heavy atom. The number of carbonyl (C=O) groups is 2. The summed E-state index contributed by atoms with van der Waals surface area (Å²) in [7, 11) is -1.73. The average Bonchev–Trinajstić information content (AvgIpc) is 3.16. The van der Waals surface area contributed by atoms with Crippen LogP contribution in [0.15, 0.2) is 30.3 Å². The Morgan fingerprint density at radius 1 is 1.18 bits per heavy atom. The predicted molar refractivity (Wildman–Crippen MR) is 150 cm³/mol. The van der Waals surface area contributed by atoms with Crippen LogP contribution in [-0.4, -0.2) is 94.9 Å². The lowest BCUT2D eigenvalue weighted by Crippen LogP contribution is -2.62. The Hall–Kier alpha value is -2.65. The van der Waals surface area contributed by atoms with Crippen LogP contribution in [0.1, 0.15) is 64.4 Å². The fourth-order valence-corrected chi connectivity index (χ4v) is 5.97. The maximum absolute atomic E-state index is 13.4. The second kappa shape index (κ2) is 13.8. The van der Waals surface area contributed by atoms with Gasteiger partial charge in [-0.15, -0.1) is 0 Å². The molecule has 1 aromatic carbocycles. The van der Waals surface area contributed by atoms with Crippen molar-refractivity contribution in [2.45, 2.75) is 95.0 Å². The number of amides is 2. The van der Waals surface area contributed by atoms with E-state index >= 15 is 0 Å². The Bertz CT molecular complexity index is 1020. The third kappa shape index (κ3) is 8.20. The van der Waals surface area contributed by atoms with Gasteiger partial charge in [0.15, 0.2) is 0 Å². The van der Waals surface area contributed by atoms with Gasteiger partial charge in [-0.2, -0.15) is 5.26 Å². The number of nitrogens with zero attached hydrogens (tertiary/aromatic N) is 3. The zero-order chi connectivity index (χ0) is 28.7. The molecule has 3 unspecified atom stereocenters. The van der Waals surface area contributed by atoms with Crippen LogP contribution in [0.25, 0.3) is 0 Å². The Balaban J connectivity index is 1.27. The van der Waals surface area contributed by atoms with Gasteiger partial charge in [-0.05, 0) is 64.4 Å². The molecule has 0 radical (unpaired) electrons. The number of benzene rings is 1. The molecule has 4 fully saturated rings. The molecule has 4 heterocycles. The van der Waals surface area contributed by atoms with Gasteiger partial charge in [0.05, 0.1) is 30.8 Å². The maximum Gasteiger partial charge on any atom is 0.475 e. The lowest BCUT2D eigenvalue weighted by molar-refractivity contribution is -0.197. The first-order valence-corrected chi connectivity index (χ1v) is 14.6. The fourth-order valence-electron chi connectivity index (χ4n) is 5.97. The van der Waals surface area contributed by atoms with Crippen molar-refractivity contribution in [2.24, 2.45) is 5.92 Å². The first-order chi connectivity index (χ1) is 19.1. The van der Waals surface area contributed by atoms with Crippen LogP contribution in [0.4, 0.5) is 4.79 Å². The first kappa shape index (κ1) is 30.3. The minimum absolute atomic E-state index is 0.132. The predicted octanol–water partition coefficient (Wildman–Crippen LogP) is 2.28. The molecule has 1 aromatic rings. The highest BCUT2D eigenvalue weighted by Gasteiger charge is 2.43. The number of rotatable bonds is 11. The molecule has 2 bridgehead atoms. The third-order valence-corrected chi connectivity index (χ3v) is 8.58. The number of hydrogen-bond donors (Lipinski definition) is 3. The molecule has 4 saturated heterocycles. The van der Waals surface area contributed by atoms with E-state index in [2.05, 4.69) is 30.1 Å². The molecule has 2 amide bonds. The van der Waals surface area contributed by atoms with E-state index in [0.29, 0.717) is 44.4 Å². The van der Waals surface area contributed by atoms with Crippen molar-refractivity contribution in [3.8, 4) is 6.07 Å². The number of ether oxygens (including phenoxy) is 2. The summed E-state index contributed by atoms with van der Waals surface area (Å²) in [5.74, 6) is -1.86. The molecule has 40 heavy (non-hydrogen) atoms. The maximum atomic E-state index is 13.4. The van der Waals surface area contributed by atoms with Crippen molar-refractivity contribution in [2.75, 3.05) is 26.2 Å². The Morgan fingerprint density at radius 2 is 1.88 bits per heavy atom. The van der Waals surface area contributed by atoms with Gasteiger partial charge in [-0.25, -0.2) is 4.79 Å². The van der Waals surface area contributed by atoms with Gasteiger partial charge in [-0.3, -0.25) is 9.69 Å². The largest absolute Gasteiger partial charge is 0.475 e. The Labute approximate surface area is 237 Å². The molecule has 5 rings (SSSR count). The number of nitrogens with one attached hydrogen (secondary N) is 1. The highest BCUT2D eigenvalue weighted by molar-refractivity contribution is 6.43. The van der Waals surface area contributed by atoms with Gasteiger partial charge in [-0.1, -0.05) is 30.3 Å². The highest BCUT2D eigenvalue weighted by atomic mass is 16.6. The van der Waals surface area contributed by atoms with E-state index < -0.39 is 31.2 Å². The van der Waals surface area contributed by atoms with Crippen LogP contribution >= 0.6 is 0 Å². The Kier molecular flexibility index (Phi) is 10.5. The number of hydrogen-bond acceptors (Lipinski definition) is 8. The number of nitriles is 1. The molecule has 5 atom stereocenters. The van der Waals surface area contributed by atoms with Gasteiger partial charge in [0.2, 0.25) is 5.91 Å². The molecule has 4 aliphatic heterocycles. The van der Waals surface area contributed by atoms with Crippen LogP contribution in [0.3, 0.4) is 0 Å². The van der Waals surface area contributed by atoms with E-state index in [1.165, 1.54) is 0 Å². The highest BCUT2D eigenvalue weighted by Crippen LogP contribution is 2.34. The standard InChI is InChI=1S/C29H43BN4O6/c1-29(2,34-19-24-16-25(20-34)39-24)14-13-22(17-31)27(35)33-15-7-6-10-23(18-33)40-28(36)32-26(30(37)38)12-11-21-8-4-3-5-9-21/h3-5,8-9,22-26,37-38H,6-7,10-16,18-20H2,1-2H3,(H,32,36)/t22?,23-,24?,25?,26+/m1/s1. The lowest BCUT2D eigenvalue weighted by atomic mass is 9.76. The summed E-state index contributed by atoms with van der Waals surface area (Å²) in [5.41, 5.74) is 0.894. The molecule has 0 spiro atoms. The molecule has 3 N–H and O–H groups in total. The number of morpholine rings is 1. The molecule has 0 aromatic heterocycles. The van der Waals surface area contributed by atoms with Crippen molar-refractivity contribution >= 4 is 19.1 Å². The van der Waals surface area contributed by atoms with E-state index in [1.807, 2.05) is 30.3 Å². The van der Waals surface area contributed by atoms with E-state index in [9.17, 15) is 24.9 Å².